The topological polar surface area (TPSA) is 26.3 Å². The highest BCUT2D eigenvalue weighted by Crippen LogP contribution is 2.06. The molecule has 94 valence electrons. The molecule has 0 saturated carbocycles. The summed E-state index contributed by atoms with van der Waals surface area (Å²) in [7, 11) is 1.37. The third-order valence-corrected chi connectivity index (χ3v) is 2.31. The Morgan fingerprint density at radius 2 is 2.00 bits per heavy atom. The van der Waals surface area contributed by atoms with Gasteiger partial charge >= 0.3 is 5.97 Å². The molecule has 0 heterocycles. The van der Waals surface area contributed by atoms with Crippen molar-refractivity contribution in [2.45, 2.75) is 20.3 Å². The minimum Gasteiger partial charge on any atom is -0.465 e. The van der Waals surface area contributed by atoms with Gasteiger partial charge in [0.2, 0.25) is 0 Å². The van der Waals surface area contributed by atoms with Gasteiger partial charge in [-0.3, -0.25) is 0 Å². The van der Waals surface area contributed by atoms with Gasteiger partial charge < -0.3 is 4.74 Å². The van der Waals surface area contributed by atoms with E-state index in [1.54, 1.807) is 0 Å². The third kappa shape index (κ3) is 4.88. The highest BCUT2D eigenvalue weighted by molar-refractivity contribution is 5.93. The second kappa shape index (κ2) is 7.34. The predicted molar refractivity (Wildman–Crippen MR) is 72.9 cm³/mol. The van der Waals surface area contributed by atoms with E-state index in [1.165, 1.54) is 7.11 Å². The van der Waals surface area contributed by atoms with Crippen LogP contribution >= 0.6 is 0 Å². The lowest BCUT2D eigenvalue weighted by Gasteiger charge is -2.00. The number of carbonyl (C=O) groups excluding carboxylic acids is 1. The minimum atomic E-state index is -0.376. The van der Waals surface area contributed by atoms with Crippen molar-refractivity contribution in [3.05, 3.63) is 47.5 Å². The zero-order valence-electron chi connectivity index (χ0n) is 11.1. The van der Waals surface area contributed by atoms with Gasteiger partial charge in [-0.15, -0.1) is 0 Å². The van der Waals surface area contributed by atoms with Crippen LogP contribution in [0.4, 0.5) is 0 Å². The zero-order chi connectivity index (χ0) is 13.4. The summed E-state index contributed by atoms with van der Waals surface area (Å²) >= 11 is 0. The summed E-state index contributed by atoms with van der Waals surface area (Å²) in [6.07, 6.45) is 2.65. The first-order chi connectivity index (χ1) is 8.63. The van der Waals surface area contributed by atoms with E-state index in [0.717, 1.165) is 12.0 Å². The number of allylic oxidation sites excluding steroid dienone is 1. The zero-order valence-corrected chi connectivity index (χ0v) is 11.1. The van der Waals surface area contributed by atoms with Gasteiger partial charge in [0.25, 0.3) is 0 Å². The fourth-order valence-corrected chi connectivity index (χ4v) is 1.31. The molecular formula is C16H18O2. The molecular weight excluding hydrogens is 224 g/mol. The number of hydrogen-bond acceptors (Lipinski definition) is 2. The number of rotatable bonds is 3. The molecule has 0 aromatic heterocycles. The van der Waals surface area contributed by atoms with Crippen LogP contribution in [0.3, 0.4) is 0 Å². The summed E-state index contributed by atoms with van der Waals surface area (Å²) in [5.41, 5.74) is 1.31. The Balaban J connectivity index is 2.89. The molecule has 18 heavy (non-hydrogen) atoms. The van der Waals surface area contributed by atoms with Crippen LogP contribution in [0.2, 0.25) is 0 Å². The molecule has 0 bridgehead atoms. The summed E-state index contributed by atoms with van der Waals surface area (Å²) in [4.78, 5) is 11.6. The molecule has 0 aliphatic rings. The first kappa shape index (κ1) is 14.1. The fourth-order valence-electron chi connectivity index (χ4n) is 1.31. The molecule has 0 N–H and O–H groups in total. The first-order valence-corrected chi connectivity index (χ1v) is 5.99. The maximum atomic E-state index is 11.6. The fraction of sp³-hybridized carbons (Fsp3) is 0.312. The Hall–Kier alpha value is -2.01. The van der Waals surface area contributed by atoms with Crippen molar-refractivity contribution in [2.75, 3.05) is 7.11 Å². The molecule has 0 saturated heterocycles. The van der Waals surface area contributed by atoms with E-state index in [-0.39, 0.29) is 5.97 Å². The van der Waals surface area contributed by atoms with Gasteiger partial charge in [0, 0.05) is 5.56 Å². The Kier molecular flexibility index (Phi) is 5.73. The lowest BCUT2D eigenvalue weighted by Crippen LogP contribution is -2.03. The van der Waals surface area contributed by atoms with Gasteiger partial charge in [0.1, 0.15) is 5.57 Å². The molecule has 0 unspecified atom stereocenters. The molecule has 0 aliphatic carbocycles. The quantitative estimate of drug-likeness (QED) is 0.462. The van der Waals surface area contributed by atoms with Crippen LogP contribution in [0, 0.1) is 17.8 Å². The number of methoxy groups -OCH3 is 1. The summed E-state index contributed by atoms with van der Waals surface area (Å²) in [6.45, 7) is 4.19. The van der Waals surface area contributed by atoms with Crippen LogP contribution in [0.1, 0.15) is 25.8 Å². The normalized spacial score (nSPS) is 10.8. The van der Waals surface area contributed by atoms with Crippen LogP contribution in [0.5, 0.6) is 0 Å². The Bertz CT molecular complexity index is 473. The van der Waals surface area contributed by atoms with Crippen LogP contribution in [-0.4, -0.2) is 13.1 Å². The van der Waals surface area contributed by atoms with Crippen LogP contribution in [-0.2, 0) is 9.53 Å². The molecule has 0 spiro atoms. The van der Waals surface area contributed by atoms with E-state index in [2.05, 4.69) is 25.7 Å². The molecule has 1 aromatic carbocycles. The molecule has 0 atom stereocenters. The van der Waals surface area contributed by atoms with Crippen LogP contribution < -0.4 is 0 Å². The van der Waals surface area contributed by atoms with E-state index in [0.29, 0.717) is 11.5 Å². The molecule has 0 amide bonds. The predicted octanol–water partition coefficient (Wildman–Crippen LogP) is 3.18. The van der Waals surface area contributed by atoms with Crippen LogP contribution in [0.15, 0.2) is 42.0 Å². The van der Waals surface area contributed by atoms with Crippen LogP contribution in [0.25, 0.3) is 0 Å². The largest absolute Gasteiger partial charge is 0.465 e. The lowest BCUT2D eigenvalue weighted by molar-refractivity contribution is -0.135. The highest BCUT2D eigenvalue weighted by Gasteiger charge is 2.06. The van der Waals surface area contributed by atoms with E-state index < -0.39 is 0 Å². The summed E-state index contributed by atoms with van der Waals surface area (Å²) in [5.74, 6) is 5.96. The van der Waals surface area contributed by atoms with E-state index in [4.69, 9.17) is 4.74 Å². The average Bonchev–Trinajstić information content (AvgIpc) is 2.39. The van der Waals surface area contributed by atoms with E-state index in [1.807, 2.05) is 36.4 Å². The molecule has 1 aromatic rings. The summed E-state index contributed by atoms with van der Waals surface area (Å²) in [6, 6.07) is 9.58. The van der Waals surface area contributed by atoms with Crippen molar-refractivity contribution >= 4 is 5.97 Å². The van der Waals surface area contributed by atoms with Crippen molar-refractivity contribution in [1.29, 1.82) is 0 Å². The van der Waals surface area contributed by atoms with Crippen molar-refractivity contribution in [1.82, 2.24) is 0 Å². The number of carbonyl (C=O) groups is 1. The summed E-state index contributed by atoms with van der Waals surface area (Å²) < 4.78 is 4.72. The Labute approximate surface area is 109 Å². The van der Waals surface area contributed by atoms with Gasteiger partial charge in [-0.1, -0.05) is 50.0 Å². The van der Waals surface area contributed by atoms with Gasteiger partial charge in [0.15, 0.2) is 0 Å². The van der Waals surface area contributed by atoms with Crippen molar-refractivity contribution in [2.24, 2.45) is 5.92 Å². The number of benzene rings is 1. The Morgan fingerprint density at radius 3 is 2.56 bits per heavy atom. The second-order valence-electron chi connectivity index (χ2n) is 4.35. The van der Waals surface area contributed by atoms with E-state index >= 15 is 0 Å². The molecule has 2 heteroatoms. The molecule has 0 radical (unpaired) electrons. The van der Waals surface area contributed by atoms with Gasteiger partial charge in [-0.05, 0) is 24.5 Å². The minimum absolute atomic E-state index is 0.376. The maximum absolute atomic E-state index is 11.6. The molecule has 1 rings (SSSR count). The molecule has 0 fully saturated rings. The van der Waals surface area contributed by atoms with Crippen molar-refractivity contribution in [3.8, 4) is 11.8 Å². The smallest absolute Gasteiger partial charge is 0.346 e. The third-order valence-electron chi connectivity index (χ3n) is 2.31. The van der Waals surface area contributed by atoms with Gasteiger partial charge in [0.05, 0.1) is 7.11 Å². The number of ether oxygens (including phenoxy) is 1. The Morgan fingerprint density at radius 1 is 1.33 bits per heavy atom. The second-order valence-corrected chi connectivity index (χ2v) is 4.35. The molecule has 2 nitrogen and oxygen atoms in total. The number of esters is 1. The van der Waals surface area contributed by atoms with Gasteiger partial charge in [-0.2, -0.15) is 0 Å². The first-order valence-electron chi connectivity index (χ1n) is 5.99. The van der Waals surface area contributed by atoms with Crippen molar-refractivity contribution in [3.63, 3.8) is 0 Å². The lowest BCUT2D eigenvalue weighted by atomic mass is 10.1. The van der Waals surface area contributed by atoms with Crippen molar-refractivity contribution < 1.29 is 9.53 Å². The molecule has 0 aliphatic heterocycles. The number of hydrogen-bond donors (Lipinski definition) is 0. The van der Waals surface area contributed by atoms with E-state index in [9.17, 15) is 4.79 Å². The summed E-state index contributed by atoms with van der Waals surface area (Å²) in [5, 5.41) is 0. The average molecular weight is 242 g/mol. The monoisotopic (exact) mass is 242 g/mol. The highest BCUT2D eigenvalue weighted by atomic mass is 16.5. The SMILES string of the molecule is COC(=O)/C(C#Cc1ccccc1)=C/CC(C)C. The van der Waals surface area contributed by atoms with Gasteiger partial charge in [-0.25, -0.2) is 4.79 Å². The maximum Gasteiger partial charge on any atom is 0.346 e. The standard InChI is InChI=1S/C16H18O2/c1-13(2)9-11-15(16(17)18-3)12-10-14-7-5-4-6-8-14/h4-8,11,13H,9H2,1-3H3/b15-11+.